The Labute approximate surface area is 450 Å². The van der Waals surface area contributed by atoms with E-state index in [-0.39, 0.29) is 69.9 Å². The van der Waals surface area contributed by atoms with E-state index >= 15 is 0 Å². The molecular weight excluding hydrogens is 1050 g/mol. The number of hydrogen-bond acceptors (Lipinski definition) is 16. The molecule has 32 heteroatoms. The van der Waals surface area contributed by atoms with E-state index in [1.165, 1.54) is 0 Å². The van der Waals surface area contributed by atoms with Gasteiger partial charge in [0.25, 0.3) is 0 Å². The lowest BCUT2D eigenvalue weighted by molar-refractivity contribution is -0.142. The summed E-state index contributed by atoms with van der Waals surface area (Å²) >= 11 is 0. The van der Waals surface area contributed by atoms with E-state index in [4.69, 9.17) is 28.0 Å². The van der Waals surface area contributed by atoms with Crippen LogP contribution in [0.25, 0.3) is 0 Å². The molecule has 0 aliphatic carbocycles. The molecule has 0 fully saturated rings. The SMILES string of the molecule is CC(C)C[C@H](NC(=O)CN)C(=O)NCC(=O)N[C@@H](CCCN=C(N)N)C(=O)N[C@@H](CCCCN)C(=O)N[C@@H](CC(C)C)C(=O)N[C@@H](COP(=O)(O)O)C(=O)N[C@@H](CC(=O)O)C(=O)N[C@@H](Cc1ccccc1)C(=O)NCC(=O)O. The average molecular weight is 1130 g/mol. The summed E-state index contributed by atoms with van der Waals surface area (Å²) in [5.41, 5.74) is 22.5. The van der Waals surface area contributed by atoms with Gasteiger partial charge >= 0.3 is 19.8 Å². The molecule has 0 unspecified atom stereocenters. The number of phosphoric ester groups is 1. The summed E-state index contributed by atoms with van der Waals surface area (Å²) < 4.78 is 16.4. The van der Waals surface area contributed by atoms with E-state index in [0.717, 1.165) is 0 Å². The normalized spacial score (nSPS) is 13.9. The van der Waals surface area contributed by atoms with Crippen LogP contribution in [0, 0.1) is 11.8 Å². The van der Waals surface area contributed by atoms with Crippen LogP contribution in [0.4, 0.5) is 0 Å². The molecular formula is C46H77N14O17P. The Kier molecular flexibility index (Phi) is 31.6. The van der Waals surface area contributed by atoms with Crippen LogP contribution in [0.3, 0.4) is 0 Å². The largest absolute Gasteiger partial charge is 0.481 e. The first-order valence-corrected chi connectivity index (χ1v) is 26.4. The Morgan fingerprint density at radius 2 is 1.03 bits per heavy atom. The van der Waals surface area contributed by atoms with E-state index < -0.39 is 154 Å². The monoisotopic (exact) mass is 1130 g/mol. The molecule has 0 saturated carbocycles. The second-order valence-electron chi connectivity index (χ2n) is 18.6. The lowest BCUT2D eigenvalue weighted by Crippen LogP contribution is -2.61. The van der Waals surface area contributed by atoms with E-state index in [1.807, 2.05) is 0 Å². The molecule has 1 aromatic carbocycles. The van der Waals surface area contributed by atoms with Crippen molar-refractivity contribution >= 4 is 78.9 Å². The van der Waals surface area contributed by atoms with Crippen molar-refractivity contribution in [3.63, 3.8) is 0 Å². The number of hydrogen-bond donors (Lipinski definition) is 17. The summed E-state index contributed by atoms with van der Waals surface area (Å²) in [5, 5.41) is 40.0. The van der Waals surface area contributed by atoms with Gasteiger partial charge in [0.1, 0.15) is 48.8 Å². The van der Waals surface area contributed by atoms with Gasteiger partial charge in [0.2, 0.25) is 53.2 Å². The number of carbonyl (C=O) groups excluding carboxylic acids is 9. The molecule has 0 aliphatic heterocycles. The fraction of sp³-hybridized carbons (Fsp3) is 0.609. The van der Waals surface area contributed by atoms with Crippen LogP contribution < -0.4 is 70.8 Å². The summed E-state index contributed by atoms with van der Waals surface area (Å²) in [6.07, 6.45) is -0.813. The number of phosphoric acid groups is 1. The highest BCUT2D eigenvalue weighted by Crippen LogP contribution is 2.35. The molecule has 1 aromatic rings. The standard InChI is InChI=1S/C46H77N14O17P/c1-25(2)17-30(55-35(61)21-48)39(67)52-22-36(62)54-28(14-10-16-51-46(49)50)41(69)56-29(13-8-9-15-47)42(70)57-31(18-26(3)4)43(71)60-34(24-77-78(74,75)76)45(73)59-33(20-37(63)64)44(72)58-32(40(68)53-23-38(65)66)19-27-11-6-5-7-12-27/h5-7,11-12,25-26,28-34H,8-10,13-24,47-48H2,1-4H3,(H,52,67)(H,53,68)(H,54,62)(H,55,61)(H,56,69)(H,57,70)(H,58,72)(H,59,73)(H,60,71)(H,63,64)(H,65,66)(H4,49,50,51)(H2,74,75,76)/t28-,29-,30-,31-,32-,33-,34-/m0/s1. The Bertz CT molecular complexity index is 2270. The lowest BCUT2D eigenvalue weighted by atomic mass is 10.0. The van der Waals surface area contributed by atoms with E-state index in [9.17, 15) is 72.2 Å². The number of amides is 9. The number of benzene rings is 1. The third-order valence-electron chi connectivity index (χ3n) is 10.9. The van der Waals surface area contributed by atoms with Crippen molar-refractivity contribution in [1.82, 2.24) is 47.9 Å². The number of unbranched alkanes of at least 4 members (excludes halogenated alkanes) is 1. The van der Waals surface area contributed by atoms with E-state index in [1.54, 1.807) is 58.0 Å². The van der Waals surface area contributed by atoms with Crippen LogP contribution >= 0.6 is 7.82 Å². The minimum Gasteiger partial charge on any atom is -0.481 e. The summed E-state index contributed by atoms with van der Waals surface area (Å²) in [6.45, 7) is 3.91. The molecule has 0 spiro atoms. The molecule has 0 saturated heterocycles. The molecule has 0 bridgehead atoms. The maximum Gasteiger partial charge on any atom is 0.469 e. The molecule has 21 N–H and O–H groups in total. The van der Waals surface area contributed by atoms with E-state index in [2.05, 4.69) is 57.4 Å². The zero-order chi connectivity index (χ0) is 59.1. The van der Waals surface area contributed by atoms with Crippen molar-refractivity contribution < 1.29 is 81.8 Å². The van der Waals surface area contributed by atoms with Gasteiger partial charge in [-0.2, -0.15) is 0 Å². The molecule has 0 aliphatic rings. The number of carboxylic acid groups (broad SMARTS) is 2. The second-order valence-corrected chi connectivity index (χ2v) is 19.9. The van der Waals surface area contributed by atoms with Gasteiger partial charge in [-0.1, -0.05) is 58.0 Å². The average Bonchev–Trinajstić information content (AvgIpc) is 3.35. The van der Waals surface area contributed by atoms with Crippen molar-refractivity contribution in [2.75, 3.05) is 39.3 Å². The second kappa shape index (κ2) is 35.9. The smallest absolute Gasteiger partial charge is 0.469 e. The highest BCUT2D eigenvalue weighted by molar-refractivity contribution is 7.46. The highest BCUT2D eigenvalue weighted by atomic mass is 31.2. The van der Waals surface area contributed by atoms with Crippen molar-refractivity contribution in [1.29, 1.82) is 0 Å². The number of nitrogens with zero attached hydrogens (tertiary/aromatic N) is 1. The molecule has 9 amide bonds. The van der Waals surface area contributed by atoms with Crippen LogP contribution in [-0.2, 0) is 68.2 Å². The minimum absolute atomic E-state index is 0.0125. The van der Waals surface area contributed by atoms with E-state index in [0.29, 0.717) is 12.0 Å². The van der Waals surface area contributed by atoms with Gasteiger partial charge in [0, 0.05) is 13.0 Å². The third kappa shape index (κ3) is 29.8. The number of aliphatic carboxylic acids is 2. The number of aliphatic imine (C=N–C) groups is 1. The van der Waals surface area contributed by atoms with Crippen LogP contribution in [0.1, 0.15) is 84.6 Å². The van der Waals surface area contributed by atoms with Gasteiger partial charge in [-0.05, 0) is 68.9 Å². The third-order valence-corrected chi connectivity index (χ3v) is 11.4. The summed E-state index contributed by atoms with van der Waals surface area (Å²) in [5.74, 6) is -12.7. The van der Waals surface area contributed by atoms with Crippen LogP contribution in [0.15, 0.2) is 35.3 Å². The number of carboxylic acids is 2. The van der Waals surface area contributed by atoms with Crippen LogP contribution in [0.5, 0.6) is 0 Å². The molecule has 7 atom stereocenters. The molecule has 78 heavy (non-hydrogen) atoms. The summed E-state index contributed by atoms with van der Waals surface area (Å²) in [6, 6.07) is -3.10. The topological polar surface area (TPSA) is 520 Å². The quantitative estimate of drug-likeness (QED) is 0.0127. The van der Waals surface area contributed by atoms with Gasteiger partial charge in [-0.3, -0.25) is 62.3 Å². The van der Waals surface area contributed by atoms with Gasteiger partial charge in [-0.15, -0.1) is 0 Å². The Morgan fingerprint density at radius 3 is 1.56 bits per heavy atom. The van der Waals surface area contributed by atoms with Gasteiger partial charge < -0.3 is 90.8 Å². The first-order chi connectivity index (χ1) is 36.5. The number of nitrogens with one attached hydrogen (secondary N) is 9. The zero-order valence-corrected chi connectivity index (χ0v) is 44.9. The van der Waals surface area contributed by atoms with Crippen molar-refractivity contribution in [2.24, 2.45) is 39.8 Å². The van der Waals surface area contributed by atoms with Crippen molar-refractivity contribution in [3.8, 4) is 0 Å². The number of carbonyl (C=O) groups is 11. The Hall–Kier alpha value is -7.31. The van der Waals surface area contributed by atoms with Gasteiger partial charge in [0.15, 0.2) is 5.96 Å². The van der Waals surface area contributed by atoms with Crippen LogP contribution in [-0.4, -0.2) is 173 Å². The zero-order valence-electron chi connectivity index (χ0n) is 44.0. The molecule has 31 nitrogen and oxygen atoms in total. The van der Waals surface area contributed by atoms with Crippen molar-refractivity contribution in [3.05, 3.63) is 35.9 Å². The molecule has 1 rings (SSSR count). The Balaban J connectivity index is 3.54. The number of guanidine groups is 1. The van der Waals surface area contributed by atoms with Gasteiger partial charge in [-0.25, -0.2) is 4.57 Å². The maximum absolute atomic E-state index is 14.2. The molecule has 0 radical (unpaired) electrons. The lowest BCUT2D eigenvalue weighted by Gasteiger charge is -2.28. The number of nitrogens with two attached hydrogens (primary N) is 4. The molecule has 438 valence electrons. The molecule has 0 aromatic heterocycles. The summed E-state index contributed by atoms with van der Waals surface area (Å²) in [4.78, 5) is 167. The fourth-order valence-electron chi connectivity index (χ4n) is 7.17. The number of rotatable bonds is 38. The van der Waals surface area contributed by atoms with Crippen molar-refractivity contribution in [2.45, 2.75) is 128 Å². The Morgan fingerprint density at radius 1 is 0.564 bits per heavy atom. The maximum atomic E-state index is 14.2. The highest BCUT2D eigenvalue weighted by Gasteiger charge is 2.36. The minimum atomic E-state index is -5.41. The predicted octanol–water partition coefficient (Wildman–Crippen LogP) is -5.24. The fourth-order valence-corrected chi connectivity index (χ4v) is 7.52. The first-order valence-electron chi connectivity index (χ1n) is 24.8. The summed E-state index contributed by atoms with van der Waals surface area (Å²) in [7, 11) is -5.41. The molecule has 0 heterocycles. The predicted molar refractivity (Wildman–Crippen MR) is 278 cm³/mol. The van der Waals surface area contributed by atoms with Gasteiger partial charge in [0.05, 0.1) is 26.1 Å². The first kappa shape index (κ1) is 68.7. The van der Waals surface area contributed by atoms with Crippen LogP contribution in [0.2, 0.25) is 0 Å².